The summed E-state index contributed by atoms with van der Waals surface area (Å²) in [6.45, 7) is 2.07. The van der Waals surface area contributed by atoms with Crippen molar-refractivity contribution in [2.24, 2.45) is 5.92 Å². The van der Waals surface area contributed by atoms with E-state index in [1.165, 1.54) is 12.0 Å². The van der Waals surface area contributed by atoms with Gasteiger partial charge in [0.15, 0.2) is 0 Å². The Hall–Kier alpha value is -1.91. The fourth-order valence-corrected chi connectivity index (χ4v) is 3.56. The van der Waals surface area contributed by atoms with Crippen LogP contribution in [-0.2, 0) is 4.79 Å². The molecule has 5 heteroatoms. The molecule has 0 radical (unpaired) electrons. The van der Waals surface area contributed by atoms with E-state index in [4.69, 9.17) is 0 Å². The van der Waals surface area contributed by atoms with Crippen LogP contribution >= 0.6 is 0 Å². The number of carbonyl (C=O) groups is 1. The average molecular weight is 315 g/mol. The second-order valence-corrected chi connectivity index (χ2v) is 7.07. The number of amides is 1. The molecule has 0 spiro atoms. The highest BCUT2D eigenvalue weighted by atomic mass is 19.1. The number of carbonyl (C=O) groups excluding carboxylic acids is 1. The number of aryl methyl sites for hydroxylation is 1. The van der Waals surface area contributed by atoms with Gasteiger partial charge in [-0.05, 0) is 62.6 Å². The molecule has 1 aromatic carbocycles. The molecule has 1 heterocycles. The van der Waals surface area contributed by atoms with E-state index in [1.807, 2.05) is 12.1 Å². The fraction of sp³-hybridized carbons (Fsp3) is 0.556. The predicted molar refractivity (Wildman–Crippen MR) is 88.2 cm³/mol. The molecule has 0 unspecified atom stereocenters. The molecule has 2 saturated carbocycles. The number of anilines is 1. The lowest BCUT2D eigenvalue weighted by molar-refractivity contribution is -0.118. The van der Waals surface area contributed by atoms with Crippen molar-refractivity contribution in [1.82, 2.24) is 9.55 Å². The van der Waals surface area contributed by atoms with E-state index < -0.39 is 6.17 Å². The molecular formula is C18H22FN3O. The SMILES string of the molecule is Cc1ccc2nc(NC(=O)CC3CC(F)C3)n(C3CCC3)c2c1. The van der Waals surface area contributed by atoms with Crippen molar-refractivity contribution in [2.75, 3.05) is 5.32 Å². The van der Waals surface area contributed by atoms with E-state index in [-0.39, 0.29) is 11.8 Å². The van der Waals surface area contributed by atoms with Crippen LogP contribution in [0.4, 0.5) is 10.3 Å². The molecule has 2 aliphatic carbocycles. The van der Waals surface area contributed by atoms with E-state index in [1.54, 1.807) is 0 Å². The highest BCUT2D eigenvalue weighted by Crippen LogP contribution is 2.38. The minimum atomic E-state index is -0.713. The number of hydrogen-bond donors (Lipinski definition) is 1. The molecule has 4 nitrogen and oxygen atoms in total. The zero-order valence-corrected chi connectivity index (χ0v) is 13.4. The van der Waals surface area contributed by atoms with E-state index in [9.17, 15) is 9.18 Å². The Kier molecular flexibility index (Phi) is 3.58. The Morgan fingerprint density at radius 3 is 2.83 bits per heavy atom. The van der Waals surface area contributed by atoms with Crippen LogP contribution in [0.25, 0.3) is 11.0 Å². The minimum absolute atomic E-state index is 0.0468. The molecule has 0 aliphatic heterocycles. The molecular weight excluding hydrogens is 293 g/mol. The van der Waals surface area contributed by atoms with Gasteiger partial charge in [0.25, 0.3) is 0 Å². The number of hydrogen-bond acceptors (Lipinski definition) is 2. The first-order valence-corrected chi connectivity index (χ1v) is 8.52. The lowest BCUT2D eigenvalue weighted by Gasteiger charge is -2.30. The van der Waals surface area contributed by atoms with Crippen molar-refractivity contribution < 1.29 is 9.18 Å². The summed E-state index contributed by atoms with van der Waals surface area (Å²) in [7, 11) is 0. The summed E-state index contributed by atoms with van der Waals surface area (Å²) in [5.41, 5.74) is 3.21. The molecule has 0 bridgehead atoms. The molecule has 2 aromatic rings. The molecule has 1 N–H and O–H groups in total. The smallest absolute Gasteiger partial charge is 0.226 e. The Morgan fingerprint density at radius 1 is 1.39 bits per heavy atom. The van der Waals surface area contributed by atoms with Crippen LogP contribution in [0.1, 0.15) is 50.1 Å². The summed E-state index contributed by atoms with van der Waals surface area (Å²) >= 11 is 0. The maximum atomic E-state index is 12.9. The van der Waals surface area contributed by atoms with Crippen molar-refractivity contribution >= 4 is 22.9 Å². The van der Waals surface area contributed by atoms with Crippen molar-refractivity contribution in [3.05, 3.63) is 23.8 Å². The van der Waals surface area contributed by atoms with Crippen molar-refractivity contribution in [3.63, 3.8) is 0 Å². The topological polar surface area (TPSA) is 46.9 Å². The predicted octanol–water partition coefficient (Wildman–Crippen LogP) is 4.15. The third-order valence-corrected chi connectivity index (χ3v) is 5.19. The second-order valence-electron chi connectivity index (χ2n) is 7.07. The lowest BCUT2D eigenvalue weighted by atomic mass is 9.81. The number of nitrogens with zero attached hydrogens (tertiary/aromatic N) is 2. The summed E-state index contributed by atoms with van der Waals surface area (Å²) < 4.78 is 15.1. The number of rotatable bonds is 4. The number of aromatic nitrogens is 2. The van der Waals surface area contributed by atoms with Gasteiger partial charge in [-0.15, -0.1) is 0 Å². The standard InChI is InChI=1S/C18H22FN3O/c1-11-5-6-15-16(7-11)22(14-3-2-4-14)18(20-15)21-17(23)10-12-8-13(19)9-12/h5-7,12-14H,2-4,8-10H2,1H3,(H,20,21,23). The van der Waals surface area contributed by atoms with Crippen LogP contribution in [0.2, 0.25) is 0 Å². The van der Waals surface area contributed by atoms with E-state index in [0.717, 1.165) is 23.9 Å². The van der Waals surface area contributed by atoms with E-state index >= 15 is 0 Å². The van der Waals surface area contributed by atoms with E-state index in [0.29, 0.717) is 31.3 Å². The van der Waals surface area contributed by atoms with Crippen LogP contribution < -0.4 is 5.32 Å². The third kappa shape index (κ3) is 2.73. The highest BCUT2D eigenvalue weighted by Gasteiger charge is 2.31. The first-order chi connectivity index (χ1) is 11.1. The van der Waals surface area contributed by atoms with Gasteiger partial charge in [-0.3, -0.25) is 10.1 Å². The molecule has 1 aromatic heterocycles. The average Bonchev–Trinajstić information content (AvgIpc) is 2.73. The summed E-state index contributed by atoms with van der Waals surface area (Å²) in [6, 6.07) is 6.61. The number of halogens is 1. The van der Waals surface area contributed by atoms with Gasteiger partial charge >= 0.3 is 0 Å². The maximum absolute atomic E-state index is 12.9. The quantitative estimate of drug-likeness (QED) is 0.921. The molecule has 0 saturated heterocycles. The van der Waals surface area contributed by atoms with Gasteiger partial charge < -0.3 is 4.57 Å². The summed E-state index contributed by atoms with van der Waals surface area (Å²) in [5.74, 6) is 0.791. The lowest BCUT2D eigenvalue weighted by Crippen LogP contribution is -2.30. The van der Waals surface area contributed by atoms with Gasteiger partial charge in [-0.1, -0.05) is 6.07 Å². The molecule has 4 rings (SSSR count). The normalized spacial score (nSPS) is 24.3. The molecule has 2 aliphatic rings. The third-order valence-electron chi connectivity index (χ3n) is 5.19. The van der Waals surface area contributed by atoms with Crippen LogP contribution in [-0.4, -0.2) is 21.6 Å². The number of benzene rings is 1. The number of imidazole rings is 1. The summed E-state index contributed by atoms with van der Waals surface area (Å²) in [6.07, 6.45) is 4.21. The monoisotopic (exact) mass is 315 g/mol. The van der Waals surface area contributed by atoms with E-state index in [2.05, 4.69) is 27.9 Å². The highest BCUT2D eigenvalue weighted by molar-refractivity contribution is 5.92. The van der Waals surface area contributed by atoms with Gasteiger partial charge in [-0.25, -0.2) is 9.37 Å². The zero-order chi connectivity index (χ0) is 16.0. The molecule has 1 amide bonds. The van der Waals surface area contributed by atoms with Gasteiger partial charge in [0.05, 0.1) is 11.0 Å². The van der Waals surface area contributed by atoms with Gasteiger partial charge in [0.2, 0.25) is 11.9 Å². The molecule has 0 atom stereocenters. The minimum Gasteiger partial charge on any atom is -0.307 e. The Labute approximate surface area is 135 Å². The maximum Gasteiger partial charge on any atom is 0.226 e. The second kappa shape index (κ2) is 5.62. The Balaban J connectivity index is 1.59. The summed E-state index contributed by atoms with van der Waals surface area (Å²) in [4.78, 5) is 16.9. The zero-order valence-electron chi connectivity index (χ0n) is 13.4. The van der Waals surface area contributed by atoms with Gasteiger partial charge in [0, 0.05) is 12.5 Å². The fourth-order valence-electron chi connectivity index (χ4n) is 3.56. The first-order valence-electron chi connectivity index (χ1n) is 8.52. The van der Waals surface area contributed by atoms with Crippen molar-refractivity contribution in [3.8, 4) is 0 Å². The molecule has 122 valence electrons. The van der Waals surface area contributed by atoms with Crippen LogP contribution in [0.15, 0.2) is 18.2 Å². The first kappa shape index (κ1) is 14.7. The van der Waals surface area contributed by atoms with Crippen LogP contribution in [0.3, 0.4) is 0 Å². The van der Waals surface area contributed by atoms with Crippen molar-refractivity contribution in [2.45, 2.75) is 57.7 Å². The Bertz CT molecular complexity index is 744. The van der Waals surface area contributed by atoms with Gasteiger partial charge in [-0.2, -0.15) is 0 Å². The number of nitrogens with one attached hydrogen (secondary N) is 1. The molecule has 23 heavy (non-hydrogen) atoms. The summed E-state index contributed by atoms with van der Waals surface area (Å²) in [5, 5.41) is 2.97. The van der Waals surface area contributed by atoms with Crippen LogP contribution in [0.5, 0.6) is 0 Å². The molecule has 2 fully saturated rings. The largest absolute Gasteiger partial charge is 0.307 e. The number of alkyl halides is 1. The Morgan fingerprint density at radius 2 is 2.17 bits per heavy atom. The number of fused-ring (bicyclic) bond motifs is 1. The van der Waals surface area contributed by atoms with Crippen molar-refractivity contribution in [1.29, 1.82) is 0 Å². The van der Waals surface area contributed by atoms with Crippen LogP contribution in [0, 0.1) is 12.8 Å². The van der Waals surface area contributed by atoms with Gasteiger partial charge in [0.1, 0.15) is 6.17 Å².